The Morgan fingerprint density at radius 1 is 1.24 bits per heavy atom. The Labute approximate surface area is 126 Å². The maximum atomic E-state index is 14.1. The van der Waals surface area contributed by atoms with E-state index in [1.807, 2.05) is 6.07 Å². The third kappa shape index (κ3) is 4.97. The molecule has 0 amide bonds. The molecule has 21 heavy (non-hydrogen) atoms. The van der Waals surface area contributed by atoms with Gasteiger partial charge in [0.05, 0.1) is 12.7 Å². The highest BCUT2D eigenvalue weighted by atomic mass is 19.1. The second-order valence-electron chi connectivity index (χ2n) is 5.90. The van der Waals surface area contributed by atoms with E-state index in [0.717, 1.165) is 30.9 Å². The number of rotatable bonds is 7. The lowest BCUT2D eigenvalue weighted by Crippen LogP contribution is -2.25. The monoisotopic (exact) mass is 295 g/mol. The van der Waals surface area contributed by atoms with E-state index < -0.39 is 0 Å². The van der Waals surface area contributed by atoms with Gasteiger partial charge in [0, 0.05) is 25.8 Å². The minimum atomic E-state index is -0.264. The minimum Gasteiger partial charge on any atom is -0.487 e. The van der Waals surface area contributed by atoms with Crippen LogP contribution in [0.2, 0.25) is 0 Å². The molecule has 1 aromatic rings. The molecule has 2 rings (SSSR count). The van der Waals surface area contributed by atoms with E-state index in [1.165, 1.54) is 18.9 Å². The molecule has 0 spiro atoms. The predicted molar refractivity (Wildman–Crippen MR) is 82.0 cm³/mol. The van der Waals surface area contributed by atoms with Gasteiger partial charge in [0.1, 0.15) is 0 Å². The summed E-state index contributed by atoms with van der Waals surface area (Å²) in [5.41, 5.74) is 0.879. The molecule has 4 heteroatoms. The number of methoxy groups -OCH3 is 1. The van der Waals surface area contributed by atoms with Gasteiger partial charge in [-0.3, -0.25) is 0 Å². The maximum absolute atomic E-state index is 14.1. The molecule has 1 aliphatic carbocycles. The fourth-order valence-corrected chi connectivity index (χ4v) is 2.74. The van der Waals surface area contributed by atoms with Crippen molar-refractivity contribution in [2.45, 2.75) is 45.3 Å². The number of halogens is 1. The molecule has 118 valence electrons. The first-order valence-electron chi connectivity index (χ1n) is 7.84. The van der Waals surface area contributed by atoms with Crippen LogP contribution < -0.4 is 10.1 Å². The molecule has 1 saturated carbocycles. The van der Waals surface area contributed by atoms with Crippen LogP contribution in [0.5, 0.6) is 5.75 Å². The SMILES string of the molecule is COCCNCc1cccc(F)c1OC1CCC(C)CC1. The Morgan fingerprint density at radius 3 is 2.71 bits per heavy atom. The molecule has 0 unspecified atom stereocenters. The molecule has 1 aromatic carbocycles. The third-order valence-corrected chi connectivity index (χ3v) is 4.09. The molecule has 0 heterocycles. The summed E-state index contributed by atoms with van der Waals surface area (Å²) in [5.74, 6) is 0.919. The highest BCUT2D eigenvalue weighted by Crippen LogP contribution is 2.30. The number of hydrogen-bond acceptors (Lipinski definition) is 3. The molecule has 1 fully saturated rings. The first-order chi connectivity index (χ1) is 10.2. The molecule has 3 nitrogen and oxygen atoms in total. The van der Waals surface area contributed by atoms with Gasteiger partial charge in [-0.05, 0) is 37.7 Å². The first-order valence-corrected chi connectivity index (χ1v) is 7.84. The molecule has 0 aromatic heterocycles. The summed E-state index contributed by atoms with van der Waals surface area (Å²) in [6.45, 7) is 4.25. The van der Waals surface area contributed by atoms with Gasteiger partial charge in [-0.1, -0.05) is 19.1 Å². The first kappa shape index (κ1) is 16.2. The van der Waals surface area contributed by atoms with E-state index in [0.29, 0.717) is 18.9 Å². The molecule has 1 N–H and O–H groups in total. The maximum Gasteiger partial charge on any atom is 0.165 e. The zero-order valence-electron chi connectivity index (χ0n) is 13.0. The van der Waals surface area contributed by atoms with Gasteiger partial charge in [-0.25, -0.2) is 4.39 Å². The fraction of sp³-hybridized carbons (Fsp3) is 0.647. The highest BCUT2D eigenvalue weighted by Gasteiger charge is 2.21. The molecule has 0 bridgehead atoms. The summed E-state index contributed by atoms with van der Waals surface area (Å²) >= 11 is 0. The Morgan fingerprint density at radius 2 is 2.00 bits per heavy atom. The standard InChI is InChI=1S/C17H26FNO2/c1-13-6-8-15(9-7-13)21-17-14(4-3-5-16(17)18)12-19-10-11-20-2/h3-5,13,15,19H,6-12H2,1-2H3. The van der Waals surface area contributed by atoms with Crippen LogP contribution >= 0.6 is 0 Å². The Bertz CT molecular complexity index is 431. The third-order valence-electron chi connectivity index (χ3n) is 4.09. The van der Waals surface area contributed by atoms with Gasteiger partial charge in [0.2, 0.25) is 0 Å². The van der Waals surface area contributed by atoms with Gasteiger partial charge in [-0.15, -0.1) is 0 Å². The second kappa shape index (κ2) is 8.35. The summed E-state index contributed by atoms with van der Waals surface area (Å²) in [5, 5.41) is 3.24. The molecular weight excluding hydrogens is 269 g/mol. The average Bonchev–Trinajstić information content (AvgIpc) is 2.49. The van der Waals surface area contributed by atoms with Crippen LogP contribution in [0.25, 0.3) is 0 Å². The van der Waals surface area contributed by atoms with Gasteiger partial charge in [-0.2, -0.15) is 0 Å². The van der Waals surface area contributed by atoms with Crippen LogP contribution in [0.1, 0.15) is 38.2 Å². The lowest BCUT2D eigenvalue weighted by molar-refractivity contribution is 0.128. The highest BCUT2D eigenvalue weighted by molar-refractivity contribution is 5.35. The Kier molecular flexibility index (Phi) is 6.46. The van der Waals surface area contributed by atoms with Gasteiger partial charge in [0.25, 0.3) is 0 Å². The Hall–Kier alpha value is -1.13. The summed E-state index contributed by atoms with van der Waals surface area (Å²) in [4.78, 5) is 0. The summed E-state index contributed by atoms with van der Waals surface area (Å²) in [7, 11) is 1.67. The molecule has 0 saturated heterocycles. The van der Waals surface area contributed by atoms with Crippen LogP contribution in [0, 0.1) is 11.7 Å². The van der Waals surface area contributed by atoms with Crippen molar-refractivity contribution in [2.75, 3.05) is 20.3 Å². The van der Waals surface area contributed by atoms with E-state index in [-0.39, 0.29) is 11.9 Å². The molecule has 0 radical (unpaired) electrons. The van der Waals surface area contributed by atoms with Gasteiger partial charge >= 0.3 is 0 Å². The van der Waals surface area contributed by atoms with E-state index in [4.69, 9.17) is 9.47 Å². The van der Waals surface area contributed by atoms with Crippen molar-refractivity contribution in [3.05, 3.63) is 29.6 Å². The zero-order chi connectivity index (χ0) is 15.1. The number of benzene rings is 1. The summed E-state index contributed by atoms with van der Waals surface area (Å²) in [6, 6.07) is 5.13. The van der Waals surface area contributed by atoms with Crippen molar-refractivity contribution in [3.63, 3.8) is 0 Å². The Balaban J connectivity index is 1.96. The van der Waals surface area contributed by atoms with Gasteiger partial charge < -0.3 is 14.8 Å². The van der Waals surface area contributed by atoms with Crippen LogP contribution in [0.4, 0.5) is 4.39 Å². The summed E-state index contributed by atoms with van der Waals surface area (Å²) < 4.78 is 25.1. The van der Waals surface area contributed by atoms with Crippen LogP contribution in [-0.2, 0) is 11.3 Å². The van der Waals surface area contributed by atoms with Crippen molar-refractivity contribution in [1.29, 1.82) is 0 Å². The van der Waals surface area contributed by atoms with Crippen molar-refractivity contribution < 1.29 is 13.9 Å². The topological polar surface area (TPSA) is 30.5 Å². The molecular formula is C17H26FNO2. The number of ether oxygens (including phenoxy) is 2. The fourth-order valence-electron chi connectivity index (χ4n) is 2.74. The van der Waals surface area contributed by atoms with Gasteiger partial charge in [0.15, 0.2) is 11.6 Å². The molecule has 0 aliphatic heterocycles. The smallest absolute Gasteiger partial charge is 0.165 e. The van der Waals surface area contributed by atoms with E-state index in [2.05, 4.69) is 12.2 Å². The van der Waals surface area contributed by atoms with Crippen molar-refractivity contribution in [1.82, 2.24) is 5.32 Å². The number of para-hydroxylation sites is 1. The van der Waals surface area contributed by atoms with Crippen molar-refractivity contribution >= 4 is 0 Å². The van der Waals surface area contributed by atoms with Crippen molar-refractivity contribution in [3.8, 4) is 5.75 Å². The normalized spacial score (nSPS) is 22.2. The second-order valence-corrected chi connectivity index (χ2v) is 5.90. The quantitative estimate of drug-likeness (QED) is 0.781. The number of nitrogens with one attached hydrogen (secondary N) is 1. The van der Waals surface area contributed by atoms with E-state index in [9.17, 15) is 4.39 Å². The van der Waals surface area contributed by atoms with Crippen LogP contribution in [-0.4, -0.2) is 26.4 Å². The van der Waals surface area contributed by atoms with E-state index >= 15 is 0 Å². The van der Waals surface area contributed by atoms with Crippen LogP contribution in [0.3, 0.4) is 0 Å². The average molecular weight is 295 g/mol. The minimum absolute atomic E-state index is 0.149. The molecule has 1 aliphatic rings. The predicted octanol–water partition coefficient (Wildman–Crippen LogP) is 3.52. The largest absolute Gasteiger partial charge is 0.487 e. The lowest BCUT2D eigenvalue weighted by atomic mass is 9.89. The van der Waals surface area contributed by atoms with E-state index in [1.54, 1.807) is 13.2 Å². The summed E-state index contributed by atoms with van der Waals surface area (Å²) in [6.07, 6.45) is 4.52. The molecule has 0 atom stereocenters. The lowest BCUT2D eigenvalue weighted by Gasteiger charge is -2.28. The number of hydrogen-bond donors (Lipinski definition) is 1. The van der Waals surface area contributed by atoms with Crippen LogP contribution in [0.15, 0.2) is 18.2 Å². The van der Waals surface area contributed by atoms with Crippen molar-refractivity contribution in [2.24, 2.45) is 5.92 Å². The zero-order valence-corrected chi connectivity index (χ0v) is 13.0.